The lowest BCUT2D eigenvalue weighted by atomic mass is 10.1. The van der Waals surface area contributed by atoms with Crippen molar-refractivity contribution in [1.29, 1.82) is 0 Å². The van der Waals surface area contributed by atoms with Crippen molar-refractivity contribution in [3.8, 4) is 11.5 Å². The van der Waals surface area contributed by atoms with Gasteiger partial charge in [0.05, 0.1) is 24.3 Å². The monoisotopic (exact) mass is 263 g/mol. The maximum Gasteiger partial charge on any atom is 0.257 e. The van der Waals surface area contributed by atoms with Crippen LogP contribution < -0.4 is 15.2 Å². The SMILES string of the molecule is NC(c1cc(Cl)c2c(c1)OCCCO2)C(F)F. The lowest BCUT2D eigenvalue weighted by molar-refractivity contribution is 0.116. The highest BCUT2D eigenvalue weighted by Gasteiger charge is 2.22. The number of alkyl halides is 2. The summed E-state index contributed by atoms with van der Waals surface area (Å²) in [6.07, 6.45) is -1.92. The number of hydrogen-bond donors (Lipinski definition) is 1. The van der Waals surface area contributed by atoms with Crippen LogP contribution in [-0.2, 0) is 0 Å². The topological polar surface area (TPSA) is 44.5 Å². The minimum absolute atomic E-state index is 0.245. The van der Waals surface area contributed by atoms with Crippen LogP contribution in [-0.4, -0.2) is 19.6 Å². The molecule has 1 unspecified atom stereocenters. The maximum atomic E-state index is 12.5. The fourth-order valence-corrected chi connectivity index (χ4v) is 1.86. The van der Waals surface area contributed by atoms with Crippen molar-refractivity contribution >= 4 is 11.6 Å². The average molecular weight is 264 g/mol. The summed E-state index contributed by atoms with van der Waals surface area (Å²) in [7, 11) is 0. The largest absolute Gasteiger partial charge is 0.489 e. The predicted octanol–water partition coefficient (Wildman–Crippen LogP) is 2.77. The van der Waals surface area contributed by atoms with Gasteiger partial charge in [0, 0.05) is 6.42 Å². The van der Waals surface area contributed by atoms with Crippen molar-refractivity contribution < 1.29 is 18.3 Å². The number of nitrogens with two attached hydrogens (primary N) is 1. The van der Waals surface area contributed by atoms with E-state index in [9.17, 15) is 8.78 Å². The van der Waals surface area contributed by atoms with Gasteiger partial charge in [-0.3, -0.25) is 0 Å². The molecule has 2 rings (SSSR count). The molecule has 1 aromatic rings. The van der Waals surface area contributed by atoms with E-state index in [1.165, 1.54) is 12.1 Å². The minimum atomic E-state index is -2.64. The first-order valence-corrected chi connectivity index (χ1v) is 5.60. The normalized spacial score (nSPS) is 16.8. The van der Waals surface area contributed by atoms with Crippen molar-refractivity contribution in [1.82, 2.24) is 0 Å². The van der Waals surface area contributed by atoms with Crippen molar-refractivity contribution in [2.24, 2.45) is 5.73 Å². The second kappa shape index (κ2) is 5.06. The molecule has 1 atom stereocenters. The molecule has 1 aliphatic heterocycles. The van der Waals surface area contributed by atoms with Gasteiger partial charge in [-0.2, -0.15) is 0 Å². The van der Waals surface area contributed by atoms with Gasteiger partial charge in [-0.15, -0.1) is 0 Å². The van der Waals surface area contributed by atoms with E-state index >= 15 is 0 Å². The first-order chi connectivity index (χ1) is 8.09. The third-order valence-corrected chi connectivity index (χ3v) is 2.76. The van der Waals surface area contributed by atoms with Crippen molar-refractivity contribution in [2.75, 3.05) is 13.2 Å². The number of hydrogen-bond acceptors (Lipinski definition) is 3. The van der Waals surface area contributed by atoms with Gasteiger partial charge in [0.1, 0.15) is 0 Å². The van der Waals surface area contributed by atoms with Crippen LogP contribution in [0.25, 0.3) is 0 Å². The van der Waals surface area contributed by atoms with Gasteiger partial charge in [-0.25, -0.2) is 8.78 Å². The van der Waals surface area contributed by atoms with Gasteiger partial charge < -0.3 is 15.2 Å². The molecule has 1 heterocycles. The fraction of sp³-hybridized carbons (Fsp3) is 0.455. The van der Waals surface area contributed by atoms with Crippen LogP contribution in [0.1, 0.15) is 18.0 Å². The predicted molar refractivity (Wildman–Crippen MR) is 60.0 cm³/mol. The van der Waals surface area contributed by atoms with Crippen LogP contribution in [0, 0.1) is 0 Å². The summed E-state index contributed by atoms with van der Waals surface area (Å²) in [6.45, 7) is 0.962. The van der Waals surface area contributed by atoms with Crippen molar-refractivity contribution in [3.05, 3.63) is 22.7 Å². The Morgan fingerprint density at radius 3 is 2.65 bits per heavy atom. The van der Waals surface area contributed by atoms with Crippen LogP contribution in [0.2, 0.25) is 5.02 Å². The van der Waals surface area contributed by atoms with E-state index in [0.29, 0.717) is 24.7 Å². The molecule has 94 valence electrons. The van der Waals surface area contributed by atoms with Crippen molar-refractivity contribution in [3.63, 3.8) is 0 Å². The molecule has 0 aromatic heterocycles. The number of halogens is 3. The lowest BCUT2D eigenvalue weighted by Gasteiger charge is -2.15. The maximum absolute atomic E-state index is 12.5. The number of rotatable bonds is 2. The molecule has 6 heteroatoms. The Kier molecular flexibility index (Phi) is 3.69. The number of ether oxygens (including phenoxy) is 2. The van der Waals surface area contributed by atoms with Gasteiger partial charge in [-0.1, -0.05) is 11.6 Å². The van der Waals surface area contributed by atoms with Gasteiger partial charge in [0.15, 0.2) is 11.5 Å². The van der Waals surface area contributed by atoms with Crippen molar-refractivity contribution in [2.45, 2.75) is 18.9 Å². The van der Waals surface area contributed by atoms with E-state index in [0.717, 1.165) is 6.42 Å². The second-order valence-electron chi connectivity index (χ2n) is 3.74. The molecule has 0 bridgehead atoms. The van der Waals surface area contributed by atoms with Crippen LogP contribution >= 0.6 is 11.6 Å². The quantitative estimate of drug-likeness (QED) is 0.892. The Morgan fingerprint density at radius 2 is 1.94 bits per heavy atom. The third kappa shape index (κ3) is 2.61. The summed E-state index contributed by atoms with van der Waals surface area (Å²) in [5.74, 6) is 0.774. The molecule has 2 N–H and O–H groups in total. The molecule has 0 spiro atoms. The molecule has 0 radical (unpaired) electrons. The average Bonchev–Trinajstić information content (AvgIpc) is 2.53. The van der Waals surface area contributed by atoms with E-state index < -0.39 is 12.5 Å². The van der Waals surface area contributed by atoms with Gasteiger partial charge >= 0.3 is 0 Å². The molecule has 17 heavy (non-hydrogen) atoms. The molecule has 1 aliphatic rings. The first-order valence-electron chi connectivity index (χ1n) is 5.22. The molecule has 0 saturated heterocycles. The Labute approximate surface area is 102 Å². The van der Waals surface area contributed by atoms with Gasteiger partial charge in [0.25, 0.3) is 6.43 Å². The third-order valence-electron chi connectivity index (χ3n) is 2.48. The Balaban J connectivity index is 2.38. The lowest BCUT2D eigenvalue weighted by Crippen LogP contribution is -2.19. The second-order valence-corrected chi connectivity index (χ2v) is 4.15. The highest BCUT2D eigenvalue weighted by atomic mass is 35.5. The number of benzene rings is 1. The summed E-state index contributed by atoms with van der Waals surface area (Å²) in [5, 5.41) is 0.246. The van der Waals surface area contributed by atoms with E-state index in [4.69, 9.17) is 26.8 Å². The minimum Gasteiger partial charge on any atom is -0.489 e. The molecule has 3 nitrogen and oxygen atoms in total. The first kappa shape index (κ1) is 12.4. The molecular weight excluding hydrogens is 252 g/mol. The van der Waals surface area contributed by atoms with Gasteiger partial charge in [-0.05, 0) is 17.7 Å². The van der Waals surface area contributed by atoms with Crippen LogP contribution in [0.15, 0.2) is 12.1 Å². The summed E-state index contributed by atoms with van der Waals surface area (Å²) in [6, 6.07) is 1.49. The van der Waals surface area contributed by atoms with Gasteiger partial charge in [0.2, 0.25) is 0 Å². The molecule has 0 fully saturated rings. The zero-order valence-electron chi connectivity index (χ0n) is 8.96. The summed E-state index contributed by atoms with van der Waals surface area (Å²) >= 11 is 5.96. The highest BCUT2D eigenvalue weighted by molar-refractivity contribution is 6.32. The number of fused-ring (bicyclic) bond motifs is 1. The van der Waals surface area contributed by atoms with E-state index in [2.05, 4.69) is 0 Å². The Bertz CT molecular complexity index is 415. The van der Waals surface area contributed by atoms with Crippen LogP contribution in [0.3, 0.4) is 0 Å². The standard InChI is InChI=1S/C11H12ClF2NO2/c12-7-4-6(9(15)11(13)14)5-8-10(7)17-3-1-2-16-8/h4-5,9,11H,1-3,15H2. The summed E-state index contributed by atoms with van der Waals surface area (Å²) in [4.78, 5) is 0. The molecular formula is C11H12ClF2NO2. The van der Waals surface area contributed by atoms with E-state index in [1.807, 2.05) is 0 Å². The summed E-state index contributed by atoms with van der Waals surface area (Å²) < 4.78 is 35.8. The Morgan fingerprint density at radius 1 is 1.24 bits per heavy atom. The Hall–Kier alpha value is -1.07. The fourth-order valence-electron chi connectivity index (χ4n) is 1.59. The molecule has 1 aromatic carbocycles. The highest BCUT2D eigenvalue weighted by Crippen LogP contribution is 2.39. The molecule has 0 amide bonds. The molecule has 0 saturated carbocycles. The summed E-state index contributed by atoms with van der Waals surface area (Å²) in [5.41, 5.74) is 5.62. The van der Waals surface area contributed by atoms with Crippen LogP contribution in [0.5, 0.6) is 11.5 Å². The van der Waals surface area contributed by atoms with E-state index in [-0.39, 0.29) is 10.6 Å². The smallest absolute Gasteiger partial charge is 0.257 e. The zero-order chi connectivity index (χ0) is 12.4. The van der Waals surface area contributed by atoms with Crippen LogP contribution in [0.4, 0.5) is 8.78 Å². The molecule has 0 aliphatic carbocycles. The van der Waals surface area contributed by atoms with E-state index in [1.54, 1.807) is 0 Å². The zero-order valence-corrected chi connectivity index (χ0v) is 9.71.